The first-order valence-electron chi connectivity index (χ1n) is 5.96. The number of aromatic nitrogens is 3. The molecule has 0 spiro atoms. The first-order valence-corrected chi connectivity index (χ1v) is 5.96. The molecule has 0 bridgehead atoms. The zero-order valence-corrected chi connectivity index (χ0v) is 11.0. The number of nitrogens with two attached hydrogens (primary N) is 1. The fraction of sp³-hybridized carbons (Fsp3) is 0.385. The van der Waals surface area contributed by atoms with E-state index in [1.165, 1.54) is 5.56 Å². The van der Waals surface area contributed by atoms with Gasteiger partial charge in [-0.1, -0.05) is 0 Å². The van der Waals surface area contributed by atoms with Gasteiger partial charge in [0.05, 0.1) is 23.8 Å². The van der Waals surface area contributed by atoms with E-state index in [0.29, 0.717) is 0 Å². The number of pyridine rings is 1. The molecule has 0 amide bonds. The van der Waals surface area contributed by atoms with Crippen LogP contribution in [0.2, 0.25) is 0 Å². The van der Waals surface area contributed by atoms with Crippen molar-refractivity contribution >= 4 is 5.69 Å². The molecular formula is C13H19N5. The van der Waals surface area contributed by atoms with E-state index in [2.05, 4.69) is 15.0 Å². The molecule has 5 nitrogen and oxygen atoms in total. The monoisotopic (exact) mass is 245 g/mol. The molecule has 5 heteroatoms. The Hall–Kier alpha value is -1.88. The first-order chi connectivity index (χ1) is 8.56. The van der Waals surface area contributed by atoms with Crippen LogP contribution in [0.25, 0.3) is 0 Å². The Labute approximate surface area is 107 Å². The van der Waals surface area contributed by atoms with E-state index in [1.807, 2.05) is 51.7 Å². The molecule has 0 saturated carbocycles. The lowest BCUT2D eigenvalue weighted by molar-refractivity contribution is 0.766. The van der Waals surface area contributed by atoms with Crippen molar-refractivity contribution in [3.63, 3.8) is 0 Å². The van der Waals surface area contributed by atoms with Crippen molar-refractivity contribution in [1.82, 2.24) is 14.8 Å². The molecule has 1 atom stereocenters. The molecule has 2 aromatic heterocycles. The number of rotatable bonds is 4. The van der Waals surface area contributed by atoms with Crippen molar-refractivity contribution < 1.29 is 0 Å². The molecule has 0 aromatic carbocycles. The lowest BCUT2D eigenvalue weighted by atomic mass is 10.2. The zero-order chi connectivity index (χ0) is 13.1. The van der Waals surface area contributed by atoms with Crippen LogP contribution in [-0.2, 0) is 13.6 Å². The van der Waals surface area contributed by atoms with Gasteiger partial charge >= 0.3 is 0 Å². The third kappa shape index (κ3) is 2.87. The molecule has 0 radical (unpaired) electrons. The molecule has 2 aromatic rings. The quantitative estimate of drug-likeness (QED) is 0.886. The van der Waals surface area contributed by atoms with Crippen LogP contribution in [0.1, 0.15) is 24.2 Å². The molecule has 0 aliphatic rings. The van der Waals surface area contributed by atoms with Crippen molar-refractivity contribution in [2.24, 2.45) is 12.8 Å². The van der Waals surface area contributed by atoms with Crippen LogP contribution in [0.3, 0.4) is 0 Å². The van der Waals surface area contributed by atoms with E-state index < -0.39 is 0 Å². The average molecular weight is 245 g/mol. The summed E-state index contributed by atoms with van der Waals surface area (Å²) in [4.78, 5) is 6.49. The van der Waals surface area contributed by atoms with Crippen LogP contribution in [0.4, 0.5) is 5.69 Å². The Bertz CT molecular complexity index is 500. The Kier molecular flexibility index (Phi) is 3.62. The van der Waals surface area contributed by atoms with Gasteiger partial charge in [0.1, 0.15) is 0 Å². The van der Waals surface area contributed by atoms with Crippen molar-refractivity contribution in [1.29, 1.82) is 0 Å². The topological polar surface area (TPSA) is 60.0 Å². The highest BCUT2D eigenvalue weighted by Gasteiger charge is 2.06. The van der Waals surface area contributed by atoms with Gasteiger partial charge in [-0.05, 0) is 19.1 Å². The molecule has 0 fully saturated rings. The number of anilines is 1. The van der Waals surface area contributed by atoms with Crippen LogP contribution in [0.15, 0.2) is 30.7 Å². The Morgan fingerprint density at radius 1 is 1.39 bits per heavy atom. The zero-order valence-electron chi connectivity index (χ0n) is 11.0. The number of nitrogens with zero attached hydrogens (tertiary/aromatic N) is 4. The van der Waals surface area contributed by atoms with E-state index in [-0.39, 0.29) is 6.04 Å². The highest BCUT2D eigenvalue weighted by molar-refractivity contribution is 5.44. The van der Waals surface area contributed by atoms with E-state index in [9.17, 15) is 0 Å². The molecule has 18 heavy (non-hydrogen) atoms. The van der Waals surface area contributed by atoms with Crippen LogP contribution >= 0.6 is 0 Å². The first kappa shape index (κ1) is 12.6. The second-order valence-electron chi connectivity index (χ2n) is 4.61. The van der Waals surface area contributed by atoms with Crippen molar-refractivity contribution in [3.8, 4) is 0 Å². The van der Waals surface area contributed by atoms with Gasteiger partial charge in [0.2, 0.25) is 0 Å². The fourth-order valence-corrected chi connectivity index (χ4v) is 1.81. The second kappa shape index (κ2) is 5.18. The van der Waals surface area contributed by atoms with Gasteiger partial charge in [-0.15, -0.1) is 0 Å². The summed E-state index contributed by atoms with van der Waals surface area (Å²) in [7, 11) is 3.96. The normalized spacial score (nSPS) is 12.4. The highest BCUT2D eigenvalue weighted by atomic mass is 15.2. The largest absolute Gasteiger partial charge is 0.369 e. The van der Waals surface area contributed by atoms with Crippen LogP contribution in [-0.4, -0.2) is 21.8 Å². The van der Waals surface area contributed by atoms with Gasteiger partial charge < -0.3 is 10.6 Å². The predicted molar refractivity (Wildman–Crippen MR) is 72.2 cm³/mol. The van der Waals surface area contributed by atoms with E-state index in [1.54, 1.807) is 4.68 Å². The maximum atomic E-state index is 5.78. The number of hydrogen-bond acceptors (Lipinski definition) is 4. The molecule has 2 rings (SSSR count). The van der Waals surface area contributed by atoms with E-state index >= 15 is 0 Å². The highest BCUT2D eigenvalue weighted by Crippen LogP contribution is 2.16. The SMILES string of the molecule is C[C@H](N)c1ccc(N(C)Cc2cnn(C)c2)cn1. The lowest BCUT2D eigenvalue weighted by Gasteiger charge is -2.18. The number of hydrogen-bond donors (Lipinski definition) is 1. The molecule has 96 valence electrons. The van der Waals surface area contributed by atoms with Gasteiger partial charge in [-0.3, -0.25) is 9.67 Å². The van der Waals surface area contributed by atoms with Gasteiger partial charge in [-0.2, -0.15) is 5.10 Å². The Morgan fingerprint density at radius 3 is 2.67 bits per heavy atom. The molecule has 0 saturated heterocycles. The molecule has 2 N–H and O–H groups in total. The minimum atomic E-state index is -0.0253. The van der Waals surface area contributed by atoms with Gasteiger partial charge in [-0.25, -0.2) is 0 Å². The van der Waals surface area contributed by atoms with Gasteiger partial charge in [0, 0.05) is 38.4 Å². The molecule has 0 aliphatic heterocycles. The van der Waals surface area contributed by atoms with Crippen LogP contribution in [0.5, 0.6) is 0 Å². The summed E-state index contributed by atoms with van der Waals surface area (Å²) in [6, 6.07) is 3.99. The summed E-state index contributed by atoms with van der Waals surface area (Å²) in [6.45, 7) is 2.74. The minimum Gasteiger partial charge on any atom is -0.369 e. The average Bonchev–Trinajstić information content (AvgIpc) is 2.75. The lowest BCUT2D eigenvalue weighted by Crippen LogP contribution is -2.17. The predicted octanol–water partition coefficient (Wildman–Crippen LogP) is 1.47. The maximum Gasteiger partial charge on any atom is 0.0569 e. The summed E-state index contributed by atoms with van der Waals surface area (Å²) in [6.07, 6.45) is 5.75. The number of aryl methyl sites for hydroxylation is 1. The summed E-state index contributed by atoms with van der Waals surface area (Å²) < 4.78 is 1.81. The van der Waals surface area contributed by atoms with E-state index in [0.717, 1.165) is 17.9 Å². The maximum absolute atomic E-state index is 5.78. The van der Waals surface area contributed by atoms with E-state index in [4.69, 9.17) is 5.73 Å². The molecule has 0 aliphatic carbocycles. The third-order valence-corrected chi connectivity index (χ3v) is 2.86. The van der Waals surface area contributed by atoms with Gasteiger partial charge in [0.15, 0.2) is 0 Å². The molecular weight excluding hydrogens is 226 g/mol. The summed E-state index contributed by atoms with van der Waals surface area (Å²) in [5.41, 5.74) is 8.94. The van der Waals surface area contributed by atoms with Crippen molar-refractivity contribution in [3.05, 3.63) is 42.0 Å². The summed E-state index contributed by atoms with van der Waals surface area (Å²) in [5, 5.41) is 4.16. The Morgan fingerprint density at radius 2 is 2.17 bits per heavy atom. The minimum absolute atomic E-state index is 0.0253. The van der Waals surface area contributed by atoms with Gasteiger partial charge in [0.25, 0.3) is 0 Å². The smallest absolute Gasteiger partial charge is 0.0569 e. The molecule has 2 heterocycles. The standard InChI is InChI=1S/C13H19N5/c1-10(14)13-5-4-12(7-15-13)17(2)8-11-6-16-18(3)9-11/h4-7,9-10H,8,14H2,1-3H3/t10-/m0/s1. The fourth-order valence-electron chi connectivity index (χ4n) is 1.81. The second-order valence-corrected chi connectivity index (χ2v) is 4.61. The third-order valence-electron chi connectivity index (χ3n) is 2.86. The summed E-state index contributed by atoms with van der Waals surface area (Å²) in [5.74, 6) is 0. The van der Waals surface area contributed by atoms with Crippen LogP contribution in [0, 0.1) is 0 Å². The Balaban J connectivity index is 2.06. The van der Waals surface area contributed by atoms with Crippen LogP contribution < -0.4 is 10.6 Å². The summed E-state index contributed by atoms with van der Waals surface area (Å²) >= 11 is 0. The van der Waals surface area contributed by atoms with Crippen molar-refractivity contribution in [2.45, 2.75) is 19.5 Å². The molecule has 0 unspecified atom stereocenters. The van der Waals surface area contributed by atoms with Crippen molar-refractivity contribution in [2.75, 3.05) is 11.9 Å².